The number of amides is 6. The van der Waals surface area contributed by atoms with E-state index in [0.29, 0.717) is 87.7 Å². The van der Waals surface area contributed by atoms with Crippen molar-refractivity contribution < 1.29 is 43.0 Å². The van der Waals surface area contributed by atoms with Gasteiger partial charge in [-0.2, -0.15) is 23.5 Å². The van der Waals surface area contributed by atoms with Crippen LogP contribution in [-0.2, 0) is 73.8 Å². The number of carbonyl (C=O) groups is 6. The topological polar surface area (TPSA) is 297 Å². The van der Waals surface area contributed by atoms with E-state index in [0.717, 1.165) is 66.4 Å². The Bertz CT molecular complexity index is 4390. The van der Waals surface area contributed by atoms with Crippen LogP contribution in [0.5, 0.6) is 0 Å². The third kappa shape index (κ3) is 32.6. The SMILES string of the molecule is CC(C)(C)OC(=O)N[C@H](CN[C@@H](Cc1ccccc1)C(=O)NCCc1cccnc1)Cc1ccccc1.CC(C)(C)OC(=O)N[C@H](CSCC(Nc1ccccc1)C(=O)NCc1cccnc1)Cc1c[nH]c2ccccc12.CC(C)(C)OC(=O)N[C@H](CSCCC(=O)NCc1cccnc1)Cc1c[nH]c2ccccc12. The van der Waals surface area contributed by atoms with E-state index in [9.17, 15) is 28.8 Å². The number of nitrogens with one attached hydrogen (secondary N) is 10. The van der Waals surface area contributed by atoms with Crippen molar-refractivity contribution in [3.8, 4) is 0 Å². The fraction of sp³-hybridized carbons (Fsp3) is 0.360. The molecule has 0 saturated carbocycles. The highest BCUT2D eigenvalue weighted by Crippen LogP contribution is 2.24. The van der Waals surface area contributed by atoms with Crippen molar-refractivity contribution in [3.63, 3.8) is 0 Å². The number of fused-ring (bicyclic) bond motifs is 2. The van der Waals surface area contributed by atoms with E-state index in [-0.39, 0.29) is 35.8 Å². The number of nitrogens with zero attached hydrogens (tertiary/aromatic N) is 3. The zero-order valence-electron chi connectivity index (χ0n) is 64.5. The maximum absolute atomic E-state index is 13.2. The summed E-state index contributed by atoms with van der Waals surface area (Å²) in [5.41, 5.74) is 8.61. The van der Waals surface area contributed by atoms with Gasteiger partial charge in [0, 0.05) is 151 Å². The summed E-state index contributed by atoms with van der Waals surface area (Å²) in [5.74, 6) is 2.26. The van der Waals surface area contributed by atoms with Crippen molar-refractivity contribution in [1.82, 2.24) is 62.1 Å². The Morgan fingerprint density at radius 1 is 0.427 bits per heavy atom. The fourth-order valence-electron chi connectivity index (χ4n) is 11.6. The number of ether oxygens (including phenoxy) is 3. The van der Waals surface area contributed by atoms with E-state index in [2.05, 4.69) is 79.6 Å². The van der Waals surface area contributed by atoms with E-state index in [1.807, 2.05) is 245 Å². The van der Waals surface area contributed by atoms with Gasteiger partial charge >= 0.3 is 18.3 Å². The first kappa shape index (κ1) is 84.9. The number of H-pyrrole nitrogens is 2. The van der Waals surface area contributed by atoms with Gasteiger partial charge in [-0.15, -0.1) is 0 Å². The normalized spacial score (nSPS) is 12.7. The van der Waals surface area contributed by atoms with Crippen LogP contribution in [0.25, 0.3) is 21.8 Å². The van der Waals surface area contributed by atoms with Gasteiger partial charge in [0.25, 0.3) is 0 Å². The quantitative estimate of drug-likeness (QED) is 0.0132. The van der Waals surface area contributed by atoms with E-state index < -0.39 is 47.2 Å². The van der Waals surface area contributed by atoms with Crippen molar-refractivity contribution >= 4 is 87.0 Å². The first-order chi connectivity index (χ1) is 52.8. The number of benzene rings is 5. The van der Waals surface area contributed by atoms with Crippen LogP contribution in [0, 0.1) is 0 Å². The molecule has 0 aliphatic rings. The minimum atomic E-state index is -0.598. The molecule has 0 radical (unpaired) electrons. The fourth-order valence-corrected chi connectivity index (χ4v) is 13.6. The summed E-state index contributed by atoms with van der Waals surface area (Å²) >= 11 is 3.25. The molecular formula is C86H107N13O9S2. The molecule has 0 aliphatic heterocycles. The van der Waals surface area contributed by atoms with Gasteiger partial charge in [-0.25, -0.2) is 14.4 Å². The van der Waals surface area contributed by atoms with Gasteiger partial charge < -0.3 is 66.7 Å². The second kappa shape index (κ2) is 44.1. The van der Waals surface area contributed by atoms with Crippen molar-refractivity contribution in [2.75, 3.05) is 41.4 Å². The van der Waals surface area contributed by atoms with Crippen LogP contribution < -0.4 is 42.5 Å². The zero-order chi connectivity index (χ0) is 78.6. The van der Waals surface area contributed by atoms with Gasteiger partial charge in [0.1, 0.15) is 22.8 Å². The number of aromatic nitrogens is 5. The lowest BCUT2D eigenvalue weighted by Crippen LogP contribution is -2.52. The highest BCUT2D eigenvalue weighted by molar-refractivity contribution is 7.99. The minimum Gasteiger partial charge on any atom is -0.444 e. The summed E-state index contributed by atoms with van der Waals surface area (Å²) in [6.45, 7) is 18.4. The Labute approximate surface area is 655 Å². The van der Waals surface area contributed by atoms with Crippen molar-refractivity contribution in [1.29, 1.82) is 0 Å². The number of pyridine rings is 3. The molecule has 0 aliphatic carbocycles. The molecule has 0 fully saturated rings. The van der Waals surface area contributed by atoms with Crippen LogP contribution in [-0.4, -0.2) is 144 Å². The number of aromatic amines is 2. The molecule has 582 valence electrons. The lowest BCUT2D eigenvalue weighted by molar-refractivity contribution is -0.123. The molecule has 5 heterocycles. The third-order valence-electron chi connectivity index (χ3n) is 16.6. The average Bonchev–Trinajstić information content (AvgIpc) is 1.69. The first-order valence-corrected chi connectivity index (χ1v) is 39.5. The molecule has 0 bridgehead atoms. The van der Waals surface area contributed by atoms with E-state index in [1.54, 1.807) is 54.5 Å². The summed E-state index contributed by atoms with van der Waals surface area (Å²) in [4.78, 5) is 95.2. The number of carbonyl (C=O) groups excluding carboxylic acids is 6. The van der Waals surface area contributed by atoms with Gasteiger partial charge in [-0.05, 0) is 176 Å². The molecule has 24 heteroatoms. The largest absolute Gasteiger partial charge is 0.444 e. The predicted octanol–water partition coefficient (Wildman–Crippen LogP) is 14.0. The van der Waals surface area contributed by atoms with Gasteiger partial charge in [0.15, 0.2) is 0 Å². The molecule has 5 aromatic carbocycles. The lowest BCUT2D eigenvalue weighted by Gasteiger charge is -2.26. The molecule has 1 unspecified atom stereocenters. The molecule has 10 rings (SSSR count). The second-order valence-corrected chi connectivity index (χ2v) is 31.8. The molecular weight excluding hydrogens is 1420 g/mol. The standard InChI is InChI=1S/C31H37N5O3S.C30H38N4O3.C25H32N4O3S/c1-31(2,3)39-30(38)36-25(16-23-19-33-27-14-8-7-13-26(23)27)20-40-21-28(35-24-11-5-4-6-12-24)29(37)34-18-22-10-9-15-32-17-22;1-30(2,3)37-29(36)34-26(19-23-11-6-4-7-12-23)22-33-27(20-24-13-8-5-9-14-24)28(35)32-18-16-25-15-10-17-31-21-25;1-25(2,3)32-24(31)29-20(13-19-16-27-22-9-5-4-8-21(19)22)17-33-12-10-23(30)28-15-18-7-6-11-26-14-18/h4-15,17,19,25,28,33,35H,16,18,20-21H2,1-3H3,(H,34,37)(H,36,38);4-15,17,21,26-27,33H,16,18-20,22H2,1-3H3,(H,32,35)(H,34,36);4-9,11,14,16,20,27H,10,12-13,15,17H2,1-3H3,(H,28,30)(H,29,31)/t25-,28?;26-,27-;20-/m000/s1. The Kier molecular flexibility index (Phi) is 34.0. The van der Waals surface area contributed by atoms with Crippen LogP contribution in [0.1, 0.15) is 108 Å². The molecule has 5 aromatic heterocycles. The smallest absolute Gasteiger partial charge is 0.407 e. The van der Waals surface area contributed by atoms with Crippen LogP contribution >= 0.6 is 23.5 Å². The number of alkyl carbamates (subject to hydrolysis) is 3. The van der Waals surface area contributed by atoms with Crippen LogP contribution in [0.4, 0.5) is 20.1 Å². The molecule has 10 aromatic rings. The first-order valence-electron chi connectivity index (χ1n) is 37.2. The van der Waals surface area contributed by atoms with Crippen molar-refractivity contribution in [2.45, 2.75) is 161 Å². The van der Waals surface area contributed by atoms with Crippen LogP contribution in [0.3, 0.4) is 0 Å². The van der Waals surface area contributed by atoms with Gasteiger partial charge in [0.05, 0.1) is 6.04 Å². The highest BCUT2D eigenvalue weighted by atomic mass is 32.2. The summed E-state index contributed by atoms with van der Waals surface area (Å²) in [7, 11) is 0. The Morgan fingerprint density at radius 2 is 0.855 bits per heavy atom. The minimum absolute atomic E-state index is 0.000340. The number of hydrogen-bond acceptors (Lipinski definition) is 16. The predicted molar refractivity (Wildman–Crippen MR) is 442 cm³/mol. The third-order valence-corrected chi connectivity index (χ3v) is 19.0. The monoisotopic (exact) mass is 1530 g/mol. The summed E-state index contributed by atoms with van der Waals surface area (Å²) in [6, 6.07) is 55.7. The molecule has 5 atom stereocenters. The Balaban J connectivity index is 0.000000208. The lowest BCUT2D eigenvalue weighted by atomic mass is 10.0. The number of hydrogen-bond donors (Lipinski definition) is 10. The van der Waals surface area contributed by atoms with Crippen molar-refractivity contribution in [2.24, 2.45) is 0 Å². The van der Waals surface area contributed by atoms with Gasteiger partial charge in [-0.3, -0.25) is 29.3 Å². The van der Waals surface area contributed by atoms with Crippen molar-refractivity contribution in [3.05, 3.63) is 264 Å². The van der Waals surface area contributed by atoms with Crippen LogP contribution in [0.15, 0.2) is 225 Å². The number of anilines is 1. The highest BCUT2D eigenvalue weighted by Gasteiger charge is 2.27. The second-order valence-electron chi connectivity index (χ2n) is 29.5. The van der Waals surface area contributed by atoms with Gasteiger partial charge in [-0.1, -0.05) is 133 Å². The van der Waals surface area contributed by atoms with Crippen LogP contribution in [0.2, 0.25) is 0 Å². The van der Waals surface area contributed by atoms with Gasteiger partial charge in [0.2, 0.25) is 17.7 Å². The molecule has 0 saturated heterocycles. The Hall–Kier alpha value is -10.7. The maximum atomic E-state index is 13.2. The molecule has 110 heavy (non-hydrogen) atoms. The molecule has 10 N–H and O–H groups in total. The zero-order valence-corrected chi connectivity index (χ0v) is 66.1. The molecule has 22 nitrogen and oxygen atoms in total. The summed E-state index contributed by atoms with van der Waals surface area (Å²) in [5, 5.41) is 27.1. The number of thioether (sulfide) groups is 2. The summed E-state index contributed by atoms with van der Waals surface area (Å²) in [6.07, 6.45) is 16.6. The number of para-hydroxylation sites is 3. The van der Waals surface area contributed by atoms with E-state index in [1.165, 1.54) is 0 Å². The summed E-state index contributed by atoms with van der Waals surface area (Å²) < 4.78 is 16.5. The average molecular weight is 1530 g/mol. The molecule has 6 amide bonds. The molecule has 0 spiro atoms. The van der Waals surface area contributed by atoms with E-state index in [4.69, 9.17) is 14.2 Å². The van der Waals surface area contributed by atoms with E-state index >= 15 is 0 Å². The Morgan fingerprint density at radius 3 is 1.35 bits per heavy atom. The maximum Gasteiger partial charge on any atom is 0.407 e. The number of rotatable bonds is 34.